The Morgan fingerprint density at radius 2 is 2.17 bits per heavy atom. The zero-order chi connectivity index (χ0) is 16.3. The van der Waals surface area contributed by atoms with Gasteiger partial charge in [0.2, 0.25) is 5.91 Å². The number of nitrogens with one attached hydrogen (secondary N) is 2. The van der Waals surface area contributed by atoms with Crippen molar-refractivity contribution in [2.24, 2.45) is 5.41 Å². The van der Waals surface area contributed by atoms with Crippen molar-refractivity contribution < 1.29 is 14.3 Å². The normalized spacial score (nSPS) is 23.2. The first-order chi connectivity index (χ1) is 11.1. The average Bonchev–Trinajstić information content (AvgIpc) is 3.14. The van der Waals surface area contributed by atoms with Crippen LogP contribution in [0.1, 0.15) is 18.4 Å². The summed E-state index contributed by atoms with van der Waals surface area (Å²) in [5.74, 6) is 0.937. The van der Waals surface area contributed by atoms with Crippen LogP contribution in [0, 0.1) is 5.41 Å². The summed E-state index contributed by atoms with van der Waals surface area (Å²) in [5, 5.41) is 5.85. The van der Waals surface area contributed by atoms with Crippen LogP contribution in [0.15, 0.2) is 24.3 Å². The highest BCUT2D eigenvalue weighted by Crippen LogP contribution is 2.36. The molecule has 1 aromatic rings. The lowest BCUT2D eigenvalue weighted by Crippen LogP contribution is -2.41. The van der Waals surface area contributed by atoms with Crippen LogP contribution in [0.25, 0.3) is 0 Å². The maximum absolute atomic E-state index is 12.2. The number of ether oxygens (including phenoxy) is 1. The number of amides is 3. The van der Waals surface area contributed by atoms with Gasteiger partial charge in [0.15, 0.2) is 0 Å². The Morgan fingerprint density at radius 3 is 2.83 bits per heavy atom. The lowest BCUT2D eigenvalue weighted by atomic mass is 9.86. The molecule has 1 aromatic carbocycles. The van der Waals surface area contributed by atoms with Gasteiger partial charge in [0.05, 0.1) is 7.11 Å². The van der Waals surface area contributed by atoms with Crippen molar-refractivity contribution in [3.8, 4) is 5.75 Å². The number of carbonyl (C=O) groups is 2. The van der Waals surface area contributed by atoms with E-state index in [0.29, 0.717) is 26.1 Å². The van der Waals surface area contributed by atoms with Gasteiger partial charge in [-0.05, 0) is 30.5 Å². The molecular weight excluding hydrogens is 294 g/mol. The zero-order valence-corrected chi connectivity index (χ0v) is 13.4. The lowest BCUT2D eigenvalue weighted by molar-refractivity contribution is -0.119. The van der Waals surface area contributed by atoms with Crippen LogP contribution < -0.4 is 15.4 Å². The summed E-state index contributed by atoms with van der Waals surface area (Å²) in [5.41, 5.74) is 1.12. The summed E-state index contributed by atoms with van der Waals surface area (Å²) in [6, 6.07) is 7.82. The highest BCUT2D eigenvalue weighted by molar-refractivity contribution is 5.80. The topological polar surface area (TPSA) is 70.7 Å². The Balaban J connectivity index is 1.44. The van der Waals surface area contributed by atoms with Crippen molar-refractivity contribution in [3.05, 3.63) is 29.8 Å². The summed E-state index contributed by atoms with van der Waals surface area (Å²) in [6.07, 6.45) is 2.23. The average molecular weight is 317 g/mol. The molecule has 6 heteroatoms. The molecule has 3 rings (SSSR count). The van der Waals surface area contributed by atoms with Crippen molar-refractivity contribution in [1.82, 2.24) is 15.5 Å². The molecule has 2 N–H and O–H groups in total. The summed E-state index contributed by atoms with van der Waals surface area (Å²) in [6.45, 7) is 2.69. The minimum absolute atomic E-state index is 0.0327. The SMILES string of the molecule is COc1ccc(CCNC(=O)N2CCC3(CNC(=O)C3)C2)cc1. The molecule has 0 aliphatic carbocycles. The fraction of sp³-hybridized carbons (Fsp3) is 0.529. The highest BCUT2D eigenvalue weighted by Gasteiger charge is 2.45. The van der Waals surface area contributed by atoms with Gasteiger partial charge < -0.3 is 20.3 Å². The molecule has 0 bridgehead atoms. The van der Waals surface area contributed by atoms with E-state index in [4.69, 9.17) is 4.74 Å². The van der Waals surface area contributed by atoms with Gasteiger partial charge in [-0.15, -0.1) is 0 Å². The molecule has 124 valence electrons. The van der Waals surface area contributed by atoms with Gasteiger partial charge >= 0.3 is 6.03 Å². The molecule has 3 amide bonds. The van der Waals surface area contributed by atoms with Gasteiger partial charge in [0.1, 0.15) is 5.75 Å². The van der Waals surface area contributed by atoms with Crippen LogP contribution in [-0.2, 0) is 11.2 Å². The largest absolute Gasteiger partial charge is 0.497 e. The van der Waals surface area contributed by atoms with Crippen LogP contribution in [0.5, 0.6) is 5.75 Å². The third-order valence-corrected chi connectivity index (χ3v) is 4.77. The van der Waals surface area contributed by atoms with Crippen molar-refractivity contribution in [3.63, 3.8) is 0 Å². The van der Waals surface area contributed by atoms with Gasteiger partial charge in [-0.25, -0.2) is 4.79 Å². The predicted octanol–water partition coefficient (Wildman–Crippen LogP) is 1.16. The second-order valence-corrected chi connectivity index (χ2v) is 6.46. The van der Waals surface area contributed by atoms with Crippen LogP contribution in [0.3, 0.4) is 0 Å². The van der Waals surface area contributed by atoms with Crippen molar-refractivity contribution >= 4 is 11.9 Å². The van der Waals surface area contributed by atoms with E-state index >= 15 is 0 Å². The van der Waals surface area contributed by atoms with Crippen LogP contribution >= 0.6 is 0 Å². The minimum atomic E-state index is -0.0373. The molecule has 6 nitrogen and oxygen atoms in total. The molecular formula is C17H23N3O3. The van der Waals surface area contributed by atoms with E-state index in [1.807, 2.05) is 29.2 Å². The summed E-state index contributed by atoms with van der Waals surface area (Å²) >= 11 is 0. The second-order valence-electron chi connectivity index (χ2n) is 6.46. The first-order valence-corrected chi connectivity index (χ1v) is 8.03. The van der Waals surface area contributed by atoms with E-state index < -0.39 is 0 Å². The molecule has 2 saturated heterocycles. The van der Waals surface area contributed by atoms with Gasteiger partial charge in [-0.1, -0.05) is 12.1 Å². The number of benzene rings is 1. The number of hydrogen-bond donors (Lipinski definition) is 2. The first-order valence-electron chi connectivity index (χ1n) is 8.03. The van der Waals surface area contributed by atoms with E-state index in [2.05, 4.69) is 10.6 Å². The van der Waals surface area contributed by atoms with Gasteiger partial charge in [-0.3, -0.25) is 4.79 Å². The number of carbonyl (C=O) groups excluding carboxylic acids is 2. The quantitative estimate of drug-likeness (QED) is 0.875. The van der Waals surface area contributed by atoms with Crippen molar-refractivity contribution in [2.75, 3.05) is 33.3 Å². The second kappa shape index (κ2) is 6.48. The minimum Gasteiger partial charge on any atom is -0.497 e. The molecule has 2 heterocycles. The molecule has 1 atom stereocenters. The molecule has 1 unspecified atom stereocenters. The van der Waals surface area contributed by atoms with Gasteiger partial charge in [0.25, 0.3) is 0 Å². The maximum Gasteiger partial charge on any atom is 0.317 e. The standard InChI is InChI=1S/C17H23N3O3/c1-23-14-4-2-13(3-5-14)6-8-18-16(22)20-9-7-17(12-20)10-15(21)19-11-17/h2-5H,6-12H2,1H3,(H,18,22)(H,19,21). The third kappa shape index (κ3) is 3.57. The van der Waals surface area contributed by atoms with Gasteiger partial charge in [0, 0.05) is 38.0 Å². The van der Waals surface area contributed by atoms with E-state index in [1.54, 1.807) is 7.11 Å². The molecule has 2 aliphatic rings. The van der Waals surface area contributed by atoms with Crippen molar-refractivity contribution in [2.45, 2.75) is 19.3 Å². The zero-order valence-electron chi connectivity index (χ0n) is 13.4. The Hall–Kier alpha value is -2.24. The summed E-state index contributed by atoms with van der Waals surface area (Å²) in [4.78, 5) is 25.5. The van der Waals surface area contributed by atoms with E-state index in [9.17, 15) is 9.59 Å². The highest BCUT2D eigenvalue weighted by atomic mass is 16.5. The number of rotatable bonds is 4. The van der Waals surface area contributed by atoms with Crippen molar-refractivity contribution in [1.29, 1.82) is 0 Å². The molecule has 2 aliphatic heterocycles. The number of nitrogens with zero attached hydrogens (tertiary/aromatic N) is 1. The molecule has 2 fully saturated rings. The summed E-state index contributed by atoms with van der Waals surface area (Å²) in [7, 11) is 1.64. The monoisotopic (exact) mass is 317 g/mol. The van der Waals surface area contributed by atoms with Crippen LogP contribution in [0.2, 0.25) is 0 Å². The Bertz CT molecular complexity index is 587. The molecule has 1 spiro atoms. The molecule has 0 radical (unpaired) electrons. The molecule has 23 heavy (non-hydrogen) atoms. The smallest absolute Gasteiger partial charge is 0.317 e. The fourth-order valence-electron chi connectivity index (χ4n) is 3.37. The Kier molecular flexibility index (Phi) is 4.41. The van der Waals surface area contributed by atoms with Gasteiger partial charge in [-0.2, -0.15) is 0 Å². The lowest BCUT2D eigenvalue weighted by Gasteiger charge is -2.22. The van der Waals surface area contributed by atoms with E-state index in [-0.39, 0.29) is 17.4 Å². The number of urea groups is 1. The van der Waals surface area contributed by atoms with Crippen LogP contribution in [-0.4, -0.2) is 50.1 Å². The predicted molar refractivity (Wildman–Crippen MR) is 86.3 cm³/mol. The van der Waals surface area contributed by atoms with E-state index in [0.717, 1.165) is 30.7 Å². The Labute approximate surface area is 136 Å². The molecule has 0 aromatic heterocycles. The maximum atomic E-state index is 12.2. The molecule has 0 saturated carbocycles. The van der Waals surface area contributed by atoms with E-state index in [1.165, 1.54) is 0 Å². The number of likely N-dealkylation sites (tertiary alicyclic amines) is 1. The third-order valence-electron chi connectivity index (χ3n) is 4.77. The summed E-state index contributed by atoms with van der Waals surface area (Å²) < 4.78 is 5.13. The number of hydrogen-bond acceptors (Lipinski definition) is 3. The Morgan fingerprint density at radius 1 is 1.39 bits per heavy atom. The fourth-order valence-corrected chi connectivity index (χ4v) is 3.37. The number of methoxy groups -OCH3 is 1. The first kappa shape index (κ1) is 15.6. The van der Waals surface area contributed by atoms with Crippen LogP contribution in [0.4, 0.5) is 4.79 Å².